The van der Waals surface area contributed by atoms with E-state index < -0.39 is 0 Å². The van der Waals surface area contributed by atoms with Crippen LogP contribution in [0.1, 0.15) is 36.5 Å². The fourth-order valence-corrected chi connectivity index (χ4v) is 3.42. The van der Waals surface area contributed by atoms with Gasteiger partial charge in [0.05, 0.1) is 7.11 Å². The molecule has 1 aromatic carbocycles. The van der Waals surface area contributed by atoms with Gasteiger partial charge in [-0.25, -0.2) is 4.79 Å². The Morgan fingerprint density at radius 3 is 2.83 bits per heavy atom. The summed E-state index contributed by atoms with van der Waals surface area (Å²) in [5, 5.41) is 2.35. The van der Waals surface area contributed by atoms with Gasteiger partial charge in [-0.3, -0.25) is 4.79 Å². The van der Waals surface area contributed by atoms with Gasteiger partial charge in [0.2, 0.25) is 0 Å². The maximum absolute atomic E-state index is 12.1. The summed E-state index contributed by atoms with van der Waals surface area (Å²) in [5.41, 5.74) is 1.03. The highest BCUT2D eigenvalue weighted by Gasteiger charge is 2.34. The summed E-state index contributed by atoms with van der Waals surface area (Å²) in [5.74, 6) is 0.819. The van der Waals surface area contributed by atoms with Crippen molar-refractivity contribution in [1.82, 2.24) is 10.1 Å². The van der Waals surface area contributed by atoms with Crippen LogP contribution in [0.15, 0.2) is 45.7 Å². The third kappa shape index (κ3) is 3.69. The number of piperidine rings is 1. The van der Waals surface area contributed by atoms with Gasteiger partial charge in [0.15, 0.2) is 0 Å². The molecule has 2 heterocycles. The van der Waals surface area contributed by atoms with E-state index in [1.807, 2.05) is 18.2 Å². The minimum absolute atomic E-state index is 0.0663. The van der Waals surface area contributed by atoms with Crippen LogP contribution in [0, 0.1) is 0 Å². The van der Waals surface area contributed by atoms with Gasteiger partial charge in [0.1, 0.15) is 5.76 Å². The van der Waals surface area contributed by atoms with Crippen molar-refractivity contribution in [2.75, 3.05) is 13.7 Å². The maximum atomic E-state index is 12.1. The highest BCUT2D eigenvalue weighted by molar-refractivity contribution is 5.68. The lowest BCUT2D eigenvalue weighted by Gasteiger charge is -2.38. The van der Waals surface area contributed by atoms with Gasteiger partial charge >= 0.3 is 6.09 Å². The Hall–Kier alpha value is -2.50. The second kappa shape index (κ2) is 7.38. The van der Waals surface area contributed by atoms with Gasteiger partial charge in [-0.15, -0.1) is 0 Å². The molecule has 0 bridgehead atoms. The average Bonchev–Trinajstić information content (AvgIpc) is 3.06. The molecule has 1 N–H and O–H groups in total. The first kappa shape index (κ1) is 16.4. The Balaban J connectivity index is 1.71. The lowest BCUT2D eigenvalue weighted by Crippen LogP contribution is -2.45. The number of carbonyl (C=O) groups is 1. The summed E-state index contributed by atoms with van der Waals surface area (Å²) in [6.45, 7) is 0.603. The predicted octanol–water partition coefficient (Wildman–Crippen LogP) is 2.92. The number of carbonyl (C=O) groups excluding carboxylic acids is 1. The molecule has 1 aromatic heterocycles. The molecule has 1 aliphatic heterocycles. The van der Waals surface area contributed by atoms with E-state index >= 15 is 0 Å². The molecule has 2 aromatic rings. The zero-order valence-corrected chi connectivity index (χ0v) is 13.7. The third-order valence-electron chi connectivity index (χ3n) is 4.68. The van der Waals surface area contributed by atoms with E-state index in [0.29, 0.717) is 12.3 Å². The van der Waals surface area contributed by atoms with Crippen molar-refractivity contribution in [2.24, 2.45) is 0 Å². The molecule has 0 spiro atoms. The predicted molar refractivity (Wildman–Crippen MR) is 89.0 cm³/mol. The van der Waals surface area contributed by atoms with Crippen LogP contribution in [0.3, 0.4) is 0 Å². The molecule has 0 radical (unpaired) electrons. The van der Waals surface area contributed by atoms with Crippen molar-refractivity contribution < 1.29 is 14.1 Å². The smallest absolute Gasteiger partial charge is 0.409 e. The molecule has 128 valence electrons. The minimum Gasteiger partial charge on any atom is -0.453 e. The van der Waals surface area contributed by atoms with Crippen LogP contribution in [0.4, 0.5) is 4.79 Å². The fourth-order valence-electron chi connectivity index (χ4n) is 3.42. The van der Waals surface area contributed by atoms with Crippen molar-refractivity contribution in [3.05, 3.63) is 58.1 Å². The first-order chi connectivity index (χ1) is 11.7. The number of ether oxygens (including phenoxy) is 1. The van der Waals surface area contributed by atoms with Gasteiger partial charge in [0.25, 0.3) is 5.56 Å². The van der Waals surface area contributed by atoms with E-state index in [-0.39, 0.29) is 23.6 Å². The van der Waals surface area contributed by atoms with Gasteiger partial charge in [-0.1, -0.05) is 30.3 Å². The second-order valence-corrected chi connectivity index (χ2v) is 6.18. The zero-order chi connectivity index (χ0) is 16.9. The zero-order valence-electron chi connectivity index (χ0n) is 13.7. The number of nitrogens with one attached hydrogen (secondary N) is 1. The number of aryl methyl sites for hydroxylation is 1. The monoisotopic (exact) mass is 330 g/mol. The lowest BCUT2D eigenvalue weighted by molar-refractivity contribution is 0.0789. The van der Waals surface area contributed by atoms with Gasteiger partial charge in [0, 0.05) is 24.6 Å². The molecule has 1 amide bonds. The van der Waals surface area contributed by atoms with E-state index in [9.17, 15) is 9.59 Å². The molecule has 24 heavy (non-hydrogen) atoms. The number of rotatable bonds is 4. The molecule has 1 aliphatic rings. The standard InChI is InChI=1S/C18H22N2O4/c1-23-18(22)20-10-9-14(16-12-17(21)19-24-16)11-15(20)8-7-13-5-3-2-4-6-13/h2-6,12,14-15H,7-11H2,1H3,(H,19,21). The number of likely N-dealkylation sites (tertiary alicyclic amines) is 1. The number of H-pyrrole nitrogens is 1. The molecule has 0 saturated carbocycles. The van der Waals surface area contributed by atoms with Crippen LogP contribution in [0.5, 0.6) is 0 Å². The molecule has 1 fully saturated rings. The Kier molecular flexibility index (Phi) is 5.03. The van der Waals surface area contributed by atoms with Crippen LogP contribution < -0.4 is 5.56 Å². The van der Waals surface area contributed by atoms with Gasteiger partial charge in [-0.2, -0.15) is 5.16 Å². The van der Waals surface area contributed by atoms with Crippen molar-refractivity contribution in [3.63, 3.8) is 0 Å². The van der Waals surface area contributed by atoms with E-state index in [4.69, 9.17) is 9.26 Å². The normalized spacial score (nSPS) is 20.8. The number of hydrogen-bond donors (Lipinski definition) is 1. The SMILES string of the molecule is COC(=O)N1CCC(c2cc(=O)[nH]o2)CC1CCc1ccccc1. The molecule has 6 nitrogen and oxygen atoms in total. The fraction of sp³-hybridized carbons (Fsp3) is 0.444. The molecule has 1 saturated heterocycles. The Labute approximate surface area is 140 Å². The largest absolute Gasteiger partial charge is 0.453 e. The van der Waals surface area contributed by atoms with Crippen LogP contribution >= 0.6 is 0 Å². The van der Waals surface area contributed by atoms with E-state index in [1.165, 1.54) is 18.7 Å². The first-order valence-electron chi connectivity index (χ1n) is 8.24. The first-order valence-corrected chi connectivity index (χ1v) is 8.24. The number of aromatic nitrogens is 1. The molecule has 6 heteroatoms. The lowest BCUT2D eigenvalue weighted by atomic mass is 9.86. The number of hydrogen-bond acceptors (Lipinski definition) is 4. The number of methoxy groups -OCH3 is 1. The van der Waals surface area contributed by atoms with Crippen molar-refractivity contribution in [1.29, 1.82) is 0 Å². The van der Waals surface area contributed by atoms with E-state index in [0.717, 1.165) is 25.7 Å². The van der Waals surface area contributed by atoms with E-state index in [2.05, 4.69) is 17.3 Å². The molecular weight excluding hydrogens is 308 g/mol. The quantitative estimate of drug-likeness (QED) is 0.935. The van der Waals surface area contributed by atoms with Gasteiger partial charge < -0.3 is 14.2 Å². The second-order valence-electron chi connectivity index (χ2n) is 6.18. The summed E-state index contributed by atoms with van der Waals surface area (Å²) in [7, 11) is 1.41. The average molecular weight is 330 g/mol. The summed E-state index contributed by atoms with van der Waals surface area (Å²) < 4.78 is 10.2. The summed E-state index contributed by atoms with van der Waals surface area (Å²) in [6.07, 6.45) is 2.98. The van der Waals surface area contributed by atoms with Crippen molar-refractivity contribution in [3.8, 4) is 0 Å². The molecular formula is C18H22N2O4. The van der Waals surface area contributed by atoms with E-state index in [1.54, 1.807) is 4.90 Å². The van der Waals surface area contributed by atoms with Crippen molar-refractivity contribution >= 4 is 6.09 Å². The van der Waals surface area contributed by atoms with Crippen LogP contribution in [0.25, 0.3) is 0 Å². The van der Waals surface area contributed by atoms with Crippen LogP contribution in [-0.2, 0) is 11.2 Å². The third-order valence-corrected chi connectivity index (χ3v) is 4.68. The van der Waals surface area contributed by atoms with Crippen molar-refractivity contribution in [2.45, 2.75) is 37.6 Å². The number of benzene rings is 1. The highest BCUT2D eigenvalue weighted by Crippen LogP contribution is 2.33. The maximum Gasteiger partial charge on any atom is 0.409 e. The summed E-state index contributed by atoms with van der Waals surface area (Å²) >= 11 is 0. The topological polar surface area (TPSA) is 75.5 Å². The molecule has 2 atom stereocenters. The Bertz CT molecular complexity index is 722. The number of nitrogens with zero attached hydrogens (tertiary/aromatic N) is 1. The number of aromatic amines is 1. The highest BCUT2D eigenvalue weighted by atomic mass is 16.5. The summed E-state index contributed by atoms with van der Waals surface area (Å²) in [6, 6.07) is 11.8. The number of amides is 1. The van der Waals surface area contributed by atoms with Crippen LogP contribution in [0.2, 0.25) is 0 Å². The van der Waals surface area contributed by atoms with Gasteiger partial charge in [-0.05, 0) is 31.2 Å². The Morgan fingerprint density at radius 2 is 2.17 bits per heavy atom. The summed E-state index contributed by atoms with van der Waals surface area (Å²) in [4.78, 5) is 25.2. The molecule has 2 unspecified atom stereocenters. The van der Waals surface area contributed by atoms with Crippen LogP contribution in [-0.4, -0.2) is 35.8 Å². The molecule has 0 aliphatic carbocycles. The molecule has 3 rings (SSSR count). The minimum atomic E-state index is -0.290. The Morgan fingerprint density at radius 1 is 1.38 bits per heavy atom.